The highest BCUT2D eigenvalue weighted by Crippen LogP contribution is 2.34. The van der Waals surface area contributed by atoms with E-state index in [1.165, 1.54) is 25.3 Å². The Bertz CT molecular complexity index is 429. The zero-order chi connectivity index (χ0) is 14.7. The first-order chi connectivity index (χ1) is 9.47. The van der Waals surface area contributed by atoms with E-state index in [0.717, 1.165) is 17.4 Å². The zero-order valence-electron chi connectivity index (χ0n) is 13.2. The SMILES string of the molecule is CC1CCC(C(C)C)C(N[C@@H](C)c2cccc(F)c2)C1. The fourth-order valence-electron chi connectivity index (χ4n) is 3.59. The van der Waals surface area contributed by atoms with Crippen molar-refractivity contribution in [2.45, 2.75) is 59.0 Å². The van der Waals surface area contributed by atoms with Gasteiger partial charge in [-0.05, 0) is 55.2 Å². The summed E-state index contributed by atoms with van der Waals surface area (Å²) in [6.07, 6.45) is 3.89. The van der Waals surface area contributed by atoms with Crippen LogP contribution in [0.25, 0.3) is 0 Å². The van der Waals surface area contributed by atoms with E-state index >= 15 is 0 Å². The summed E-state index contributed by atoms with van der Waals surface area (Å²) in [5.74, 6) is 2.10. The molecule has 0 aromatic heterocycles. The van der Waals surface area contributed by atoms with Gasteiger partial charge in [0.2, 0.25) is 0 Å². The lowest BCUT2D eigenvalue weighted by molar-refractivity contribution is 0.161. The summed E-state index contributed by atoms with van der Waals surface area (Å²) in [6.45, 7) is 9.13. The van der Waals surface area contributed by atoms with Crippen molar-refractivity contribution < 1.29 is 4.39 Å². The Morgan fingerprint density at radius 1 is 1.20 bits per heavy atom. The third-order valence-corrected chi connectivity index (χ3v) is 4.83. The molecule has 2 heteroatoms. The molecule has 1 aromatic rings. The van der Waals surface area contributed by atoms with E-state index in [4.69, 9.17) is 0 Å². The van der Waals surface area contributed by atoms with Crippen molar-refractivity contribution in [3.8, 4) is 0 Å². The number of halogens is 1. The van der Waals surface area contributed by atoms with Gasteiger partial charge >= 0.3 is 0 Å². The first-order valence-corrected chi connectivity index (χ1v) is 7.99. The summed E-state index contributed by atoms with van der Waals surface area (Å²) in [5, 5.41) is 3.76. The Morgan fingerprint density at radius 3 is 2.60 bits per heavy atom. The molecule has 0 radical (unpaired) electrons. The highest BCUT2D eigenvalue weighted by molar-refractivity contribution is 5.19. The molecule has 112 valence electrons. The van der Waals surface area contributed by atoms with Crippen molar-refractivity contribution in [2.24, 2.45) is 17.8 Å². The van der Waals surface area contributed by atoms with Crippen LogP contribution in [0.1, 0.15) is 58.6 Å². The van der Waals surface area contributed by atoms with Gasteiger partial charge in [-0.3, -0.25) is 0 Å². The number of hydrogen-bond donors (Lipinski definition) is 1. The molecule has 0 amide bonds. The van der Waals surface area contributed by atoms with Gasteiger partial charge in [0.25, 0.3) is 0 Å². The molecule has 1 saturated carbocycles. The normalized spacial score (nSPS) is 28.6. The monoisotopic (exact) mass is 277 g/mol. The molecule has 1 aliphatic rings. The summed E-state index contributed by atoms with van der Waals surface area (Å²) in [7, 11) is 0. The smallest absolute Gasteiger partial charge is 0.123 e. The average molecular weight is 277 g/mol. The molecule has 0 aliphatic heterocycles. The summed E-state index contributed by atoms with van der Waals surface area (Å²) in [4.78, 5) is 0. The summed E-state index contributed by atoms with van der Waals surface area (Å²) in [5.41, 5.74) is 1.05. The lowest BCUT2D eigenvalue weighted by atomic mass is 9.73. The van der Waals surface area contributed by atoms with Crippen molar-refractivity contribution in [1.29, 1.82) is 0 Å². The van der Waals surface area contributed by atoms with E-state index in [-0.39, 0.29) is 11.9 Å². The van der Waals surface area contributed by atoms with Gasteiger partial charge in [-0.1, -0.05) is 39.3 Å². The van der Waals surface area contributed by atoms with Crippen LogP contribution >= 0.6 is 0 Å². The van der Waals surface area contributed by atoms with E-state index in [9.17, 15) is 4.39 Å². The van der Waals surface area contributed by atoms with E-state index in [2.05, 4.69) is 33.0 Å². The van der Waals surface area contributed by atoms with Gasteiger partial charge < -0.3 is 5.32 Å². The molecular formula is C18H28FN. The number of benzene rings is 1. The molecule has 1 aliphatic carbocycles. The second-order valence-corrected chi connectivity index (χ2v) is 6.88. The van der Waals surface area contributed by atoms with E-state index in [1.807, 2.05) is 6.07 Å². The van der Waals surface area contributed by atoms with Crippen LogP contribution in [0.4, 0.5) is 4.39 Å². The van der Waals surface area contributed by atoms with Gasteiger partial charge in [-0.2, -0.15) is 0 Å². The number of rotatable bonds is 4. The Labute approximate surface area is 123 Å². The number of nitrogens with one attached hydrogen (secondary N) is 1. The average Bonchev–Trinajstić information content (AvgIpc) is 2.38. The van der Waals surface area contributed by atoms with Crippen LogP contribution in [-0.4, -0.2) is 6.04 Å². The molecule has 1 fully saturated rings. The van der Waals surface area contributed by atoms with Gasteiger partial charge in [0.15, 0.2) is 0 Å². The van der Waals surface area contributed by atoms with Gasteiger partial charge in [-0.15, -0.1) is 0 Å². The van der Waals surface area contributed by atoms with Crippen molar-refractivity contribution in [1.82, 2.24) is 5.32 Å². The standard InChI is InChI=1S/C18H28FN/c1-12(2)17-9-8-13(3)10-18(17)20-14(4)15-6-5-7-16(19)11-15/h5-7,11-14,17-18,20H,8-10H2,1-4H3/t13?,14-,17?,18?/m0/s1. The molecule has 2 rings (SSSR count). The highest BCUT2D eigenvalue weighted by atomic mass is 19.1. The van der Waals surface area contributed by atoms with Crippen LogP contribution in [0.15, 0.2) is 24.3 Å². The minimum atomic E-state index is -0.145. The third kappa shape index (κ3) is 3.82. The lowest BCUT2D eigenvalue weighted by Gasteiger charge is -2.39. The van der Waals surface area contributed by atoms with E-state index in [1.54, 1.807) is 12.1 Å². The van der Waals surface area contributed by atoms with Crippen LogP contribution in [0.3, 0.4) is 0 Å². The molecule has 4 atom stereocenters. The molecule has 0 saturated heterocycles. The highest BCUT2D eigenvalue weighted by Gasteiger charge is 2.31. The molecule has 20 heavy (non-hydrogen) atoms. The molecular weight excluding hydrogens is 249 g/mol. The fourth-order valence-corrected chi connectivity index (χ4v) is 3.59. The van der Waals surface area contributed by atoms with Crippen LogP contribution in [0.2, 0.25) is 0 Å². The predicted octanol–water partition coefficient (Wildman–Crippen LogP) is 4.94. The fraction of sp³-hybridized carbons (Fsp3) is 0.667. The van der Waals surface area contributed by atoms with Crippen molar-refractivity contribution in [2.75, 3.05) is 0 Å². The Kier molecular flexibility index (Phi) is 5.20. The van der Waals surface area contributed by atoms with Crippen LogP contribution < -0.4 is 5.32 Å². The van der Waals surface area contributed by atoms with Crippen molar-refractivity contribution >= 4 is 0 Å². The largest absolute Gasteiger partial charge is 0.307 e. The zero-order valence-corrected chi connectivity index (χ0v) is 13.2. The van der Waals surface area contributed by atoms with Crippen molar-refractivity contribution in [3.05, 3.63) is 35.6 Å². The van der Waals surface area contributed by atoms with Crippen LogP contribution in [0, 0.1) is 23.6 Å². The predicted molar refractivity (Wildman–Crippen MR) is 83.1 cm³/mol. The lowest BCUT2D eigenvalue weighted by Crippen LogP contribution is -2.43. The van der Waals surface area contributed by atoms with E-state index < -0.39 is 0 Å². The number of hydrogen-bond acceptors (Lipinski definition) is 1. The molecule has 0 spiro atoms. The van der Waals surface area contributed by atoms with Gasteiger partial charge in [0.05, 0.1) is 0 Å². The minimum Gasteiger partial charge on any atom is -0.307 e. The third-order valence-electron chi connectivity index (χ3n) is 4.83. The van der Waals surface area contributed by atoms with Gasteiger partial charge in [-0.25, -0.2) is 4.39 Å². The molecule has 1 nitrogen and oxygen atoms in total. The second-order valence-electron chi connectivity index (χ2n) is 6.88. The summed E-state index contributed by atoms with van der Waals surface area (Å²) < 4.78 is 13.3. The first kappa shape index (κ1) is 15.5. The maximum absolute atomic E-state index is 13.3. The molecule has 0 heterocycles. The quantitative estimate of drug-likeness (QED) is 0.822. The molecule has 3 unspecified atom stereocenters. The van der Waals surface area contributed by atoms with Crippen LogP contribution in [0.5, 0.6) is 0 Å². The molecule has 1 N–H and O–H groups in total. The van der Waals surface area contributed by atoms with Gasteiger partial charge in [0, 0.05) is 12.1 Å². The minimum absolute atomic E-state index is 0.145. The maximum atomic E-state index is 13.3. The Morgan fingerprint density at radius 2 is 1.95 bits per heavy atom. The van der Waals surface area contributed by atoms with E-state index in [0.29, 0.717) is 12.0 Å². The first-order valence-electron chi connectivity index (χ1n) is 7.99. The summed E-state index contributed by atoms with van der Waals surface area (Å²) in [6, 6.07) is 7.73. The Hall–Kier alpha value is -0.890. The second kappa shape index (κ2) is 6.71. The van der Waals surface area contributed by atoms with Crippen LogP contribution in [-0.2, 0) is 0 Å². The van der Waals surface area contributed by atoms with Gasteiger partial charge in [0.1, 0.15) is 5.82 Å². The Balaban J connectivity index is 2.05. The molecule has 0 bridgehead atoms. The molecule has 1 aromatic carbocycles. The topological polar surface area (TPSA) is 12.0 Å². The summed E-state index contributed by atoms with van der Waals surface area (Å²) >= 11 is 0. The van der Waals surface area contributed by atoms with Crippen molar-refractivity contribution in [3.63, 3.8) is 0 Å². The maximum Gasteiger partial charge on any atom is 0.123 e.